The van der Waals surface area contributed by atoms with Gasteiger partial charge in [-0.25, -0.2) is 0 Å². The molecule has 1 fully saturated rings. The second-order valence-electron chi connectivity index (χ2n) is 5.80. The molecule has 1 rings (SSSR count). The fourth-order valence-corrected chi connectivity index (χ4v) is 2.41. The Morgan fingerprint density at radius 1 is 1.21 bits per heavy atom. The van der Waals surface area contributed by atoms with E-state index in [0.717, 1.165) is 45.7 Å². The summed E-state index contributed by atoms with van der Waals surface area (Å²) in [5, 5.41) is 2.94. The standard InChI is InChI=1S/C14H30N4O/c1-4-17-7-9-18(10-8-17)6-5-16-14(19)13(15)11-12(2)3/h12-13H,4-11,15H2,1-3H3,(H,16,19)/t13-/m0/s1. The quantitative estimate of drug-likeness (QED) is 0.689. The van der Waals surface area contributed by atoms with E-state index in [1.165, 1.54) is 0 Å². The Balaban J connectivity index is 2.12. The SMILES string of the molecule is CCN1CCN(CCNC(=O)[C@@H](N)CC(C)C)CC1. The first-order valence-corrected chi connectivity index (χ1v) is 7.51. The molecule has 1 atom stereocenters. The lowest BCUT2D eigenvalue weighted by molar-refractivity contribution is -0.122. The smallest absolute Gasteiger partial charge is 0.236 e. The molecular weight excluding hydrogens is 240 g/mol. The Morgan fingerprint density at radius 3 is 2.32 bits per heavy atom. The van der Waals surface area contributed by atoms with Crippen LogP contribution in [0, 0.1) is 5.92 Å². The number of nitrogens with zero attached hydrogens (tertiary/aromatic N) is 2. The third-order valence-corrected chi connectivity index (χ3v) is 3.70. The maximum atomic E-state index is 11.8. The molecule has 0 radical (unpaired) electrons. The molecule has 0 bridgehead atoms. The van der Waals surface area contributed by atoms with E-state index < -0.39 is 0 Å². The van der Waals surface area contributed by atoms with Crippen LogP contribution in [0.25, 0.3) is 0 Å². The fourth-order valence-electron chi connectivity index (χ4n) is 2.41. The topological polar surface area (TPSA) is 61.6 Å². The van der Waals surface area contributed by atoms with E-state index in [1.54, 1.807) is 0 Å². The Hall–Kier alpha value is -0.650. The van der Waals surface area contributed by atoms with E-state index in [4.69, 9.17) is 5.73 Å². The van der Waals surface area contributed by atoms with Crippen molar-refractivity contribution in [2.75, 3.05) is 45.8 Å². The van der Waals surface area contributed by atoms with Gasteiger partial charge in [-0.1, -0.05) is 20.8 Å². The lowest BCUT2D eigenvalue weighted by Gasteiger charge is -2.34. The molecule has 0 aromatic heterocycles. The van der Waals surface area contributed by atoms with Crippen molar-refractivity contribution in [2.24, 2.45) is 11.7 Å². The summed E-state index contributed by atoms with van der Waals surface area (Å²) in [4.78, 5) is 16.6. The van der Waals surface area contributed by atoms with Crippen LogP contribution in [0.2, 0.25) is 0 Å². The lowest BCUT2D eigenvalue weighted by atomic mass is 10.0. The number of carbonyl (C=O) groups excluding carboxylic acids is 1. The third-order valence-electron chi connectivity index (χ3n) is 3.70. The van der Waals surface area contributed by atoms with Gasteiger partial charge in [0.15, 0.2) is 0 Å². The van der Waals surface area contributed by atoms with E-state index in [-0.39, 0.29) is 11.9 Å². The summed E-state index contributed by atoms with van der Waals surface area (Å²) in [5.74, 6) is 0.448. The first kappa shape index (κ1) is 16.4. The minimum absolute atomic E-state index is 0.0131. The predicted molar refractivity (Wildman–Crippen MR) is 79.0 cm³/mol. The van der Waals surface area contributed by atoms with Gasteiger partial charge in [0, 0.05) is 39.3 Å². The van der Waals surface area contributed by atoms with Gasteiger partial charge in [0.05, 0.1) is 6.04 Å². The Labute approximate surface area is 117 Å². The summed E-state index contributed by atoms with van der Waals surface area (Å²) in [6.45, 7) is 13.6. The molecule has 0 aromatic rings. The molecule has 0 aromatic carbocycles. The number of hydrogen-bond acceptors (Lipinski definition) is 4. The highest BCUT2D eigenvalue weighted by atomic mass is 16.2. The highest BCUT2D eigenvalue weighted by Crippen LogP contribution is 2.03. The Morgan fingerprint density at radius 2 is 1.79 bits per heavy atom. The van der Waals surface area contributed by atoms with Crippen molar-refractivity contribution < 1.29 is 4.79 Å². The number of hydrogen-bond donors (Lipinski definition) is 2. The van der Waals surface area contributed by atoms with Crippen LogP contribution in [-0.4, -0.2) is 67.6 Å². The van der Waals surface area contributed by atoms with Crippen LogP contribution in [0.3, 0.4) is 0 Å². The van der Waals surface area contributed by atoms with E-state index in [2.05, 4.69) is 35.9 Å². The predicted octanol–water partition coefficient (Wildman–Crippen LogP) is 0.114. The first-order valence-electron chi connectivity index (χ1n) is 7.51. The molecule has 5 nitrogen and oxygen atoms in total. The normalized spacial score (nSPS) is 19.6. The van der Waals surface area contributed by atoms with Crippen molar-refractivity contribution in [1.82, 2.24) is 15.1 Å². The van der Waals surface area contributed by atoms with Gasteiger partial charge < -0.3 is 16.0 Å². The van der Waals surface area contributed by atoms with Gasteiger partial charge in [0.25, 0.3) is 0 Å². The van der Waals surface area contributed by atoms with Gasteiger partial charge in [-0.05, 0) is 18.9 Å². The van der Waals surface area contributed by atoms with Crippen LogP contribution in [0.15, 0.2) is 0 Å². The molecule has 19 heavy (non-hydrogen) atoms. The average Bonchev–Trinajstić information content (AvgIpc) is 2.38. The molecule has 1 aliphatic rings. The lowest BCUT2D eigenvalue weighted by Crippen LogP contribution is -2.49. The van der Waals surface area contributed by atoms with Crippen LogP contribution in [0.5, 0.6) is 0 Å². The molecule has 0 unspecified atom stereocenters. The molecule has 1 saturated heterocycles. The van der Waals surface area contributed by atoms with Gasteiger partial charge in [0.1, 0.15) is 0 Å². The third kappa shape index (κ3) is 6.36. The summed E-state index contributed by atoms with van der Waals surface area (Å²) in [6, 6.07) is -0.364. The van der Waals surface area contributed by atoms with Crippen LogP contribution in [-0.2, 0) is 4.79 Å². The molecule has 0 aliphatic carbocycles. The van der Waals surface area contributed by atoms with Crippen molar-refractivity contribution in [3.05, 3.63) is 0 Å². The number of piperazine rings is 1. The Bertz CT molecular complexity index is 262. The molecule has 112 valence electrons. The number of carbonyl (C=O) groups is 1. The summed E-state index contributed by atoms with van der Waals surface area (Å²) < 4.78 is 0. The first-order chi connectivity index (χ1) is 9.02. The zero-order valence-electron chi connectivity index (χ0n) is 12.7. The van der Waals surface area contributed by atoms with Crippen LogP contribution < -0.4 is 11.1 Å². The molecule has 1 amide bonds. The number of nitrogens with two attached hydrogens (primary N) is 1. The van der Waals surface area contributed by atoms with E-state index in [9.17, 15) is 4.79 Å². The highest BCUT2D eigenvalue weighted by Gasteiger charge is 2.17. The van der Waals surface area contributed by atoms with Gasteiger partial charge >= 0.3 is 0 Å². The minimum atomic E-state index is -0.364. The largest absolute Gasteiger partial charge is 0.353 e. The number of amides is 1. The Kier molecular flexibility index (Phi) is 7.34. The van der Waals surface area contributed by atoms with Gasteiger partial charge in [0.2, 0.25) is 5.91 Å². The fraction of sp³-hybridized carbons (Fsp3) is 0.929. The van der Waals surface area contributed by atoms with Gasteiger partial charge in [-0.3, -0.25) is 9.69 Å². The summed E-state index contributed by atoms with van der Waals surface area (Å²) in [7, 11) is 0. The molecule has 1 heterocycles. The van der Waals surface area contributed by atoms with E-state index in [1.807, 2.05) is 0 Å². The monoisotopic (exact) mass is 270 g/mol. The second kappa shape index (κ2) is 8.51. The summed E-state index contributed by atoms with van der Waals surface area (Å²) >= 11 is 0. The maximum Gasteiger partial charge on any atom is 0.236 e. The van der Waals surface area contributed by atoms with Crippen LogP contribution >= 0.6 is 0 Å². The number of nitrogens with one attached hydrogen (secondary N) is 1. The zero-order chi connectivity index (χ0) is 14.3. The second-order valence-corrected chi connectivity index (χ2v) is 5.80. The van der Waals surface area contributed by atoms with Crippen LogP contribution in [0.1, 0.15) is 27.2 Å². The molecule has 3 N–H and O–H groups in total. The van der Waals surface area contributed by atoms with Gasteiger partial charge in [-0.2, -0.15) is 0 Å². The average molecular weight is 270 g/mol. The summed E-state index contributed by atoms with van der Waals surface area (Å²) in [6.07, 6.45) is 0.751. The number of likely N-dealkylation sites (N-methyl/N-ethyl adjacent to an activating group) is 1. The van der Waals surface area contributed by atoms with Crippen molar-refractivity contribution in [3.8, 4) is 0 Å². The van der Waals surface area contributed by atoms with E-state index >= 15 is 0 Å². The zero-order valence-corrected chi connectivity index (χ0v) is 12.7. The van der Waals surface area contributed by atoms with Gasteiger partial charge in [-0.15, -0.1) is 0 Å². The minimum Gasteiger partial charge on any atom is -0.353 e. The van der Waals surface area contributed by atoms with Crippen molar-refractivity contribution in [1.29, 1.82) is 0 Å². The van der Waals surface area contributed by atoms with Crippen molar-refractivity contribution in [3.63, 3.8) is 0 Å². The summed E-state index contributed by atoms with van der Waals surface area (Å²) in [5.41, 5.74) is 5.84. The van der Waals surface area contributed by atoms with E-state index in [0.29, 0.717) is 12.5 Å². The van der Waals surface area contributed by atoms with Crippen molar-refractivity contribution in [2.45, 2.75) is 33.2 Å². The molecule has 0 spiro atoms. The molecule has 1 aliphatic heterocycles. The highest BCUT2D eigenvalue weighted by molar-refractivity contribution is 5.81. The molecular formula is C14H30N4O. The molecule has 5 heteroatoms. The number of rotatable bonds is 7. The molecule has 0 saturated carbocycles. The van der Waals surface area contributed by atoms with Crippen LogP contribution in [0.4, 0.5) is 0 Å². The van der Waals surface area contributed by atoms with Crippen molar-refractivity contribution >= 4 is 5.91 Å². The maximum absolute atomic E-state index is 11.8.